The Morgan fingerprint density at radius 2 is 1.84 bits per heavy atom. The molecule has 25 heavy (non-hydrogen) atoms. The van der Waals surface area contributed by atoms with Crippen LogP contribution in [0.25, 0.3) is 6.08 Å². The van der Waals surface area contributed by atoms with Crippen molar-refractivity contribution in [2.45, 2.75) is 4.90 Å². The van der Waals surface area contributed by atoms with E-state index in [2.05, 4.69) is 0 Å². The number of allylic oxidation sites excluding steroid dienone is 1. The van der Waals surface area contributed by atoms with E-state index in [0.717, 1.165) is 10.5 Å². The van der Waals surface area contributed by atoms with Gasteiger partial charge in [-0.05, 0) is 48.2 Å². The molecule has 0 aromatic heterocycles. The number of benzene rings is 2. The van der Waals surface area contributed by atoms with Crippen LogP contribution in [-0.2, 0) is 4.79 Å². The molecule has 0 saturated heterocycles. The number of carboxylic acid groups (broad SMARTS) is 1. The molecule has 0 atom stereocenters. The molecule has 6 heteroatoms. The summed E-state index contributed by atoms with van der Waals surface area (Å²) >= 11 is 1.65. The molecule has 0 aliphatic rings. The number of aliphatic carboxylic acids is 1. The summed E-state index contributed by atoms with van der Waals surface area (Å²) in [4.78, 5) is 23.9. The van der Waals surface area contributed by atoms with Gasteiger partial charge in [0, 0.05) is 10.5 Å². The number of rotatable bonds is 8. The van der Waals surface area contributed by atoms with Crippen molar-refractivity contribution in [3.05, 3.63) is 59.7 Å². The summed E-state index contributed by atoms with van der Waals surface area (Å²) in [5, 5.41) is 10.5. The smallest absolute Gasteiger partial charge is 0.185 e. The Kier molecular flexibility index (Phi) is 6.65. The molecule has 0 spiro atoms. The number of carbonyl (C=O) groups is 2. The number of hydrogen-bond acceptors (Lipinski definition) is 6. The van der Waals surface area contributed by atoms with Crippen LogP contribution in [0, 0.1) is 0 Å². The lowest BCUT2D eigenvalue weighted by Gasteiger charge is -2.11. The standard InChI is InChI=1S/C19H18O5S/c1-23-18-11-14(6-10-17(18)24-12-19(21)22)16(20)9-5-13-3-7-15(25-2)8-4-13/h3-11H,12H2,1-2H3,(H,21,22)/p-1/b9-5+. The average Bonchev–Trinajstić information content (AvgIpc) is 2.64. The second kappa shape index (κ2) is 8.94. The summed E-state index contributed by atoms with van der Waals surface area (Å²) in [5.41, 5.74) is 1.33. The molecule has 0 unspecified atom stereocenters. The molecule has 0 aliphatic heterocycles. The van der Waals surface area contributed by atoms with Gasteiger partial charge < -0.3 is 19.4 Å². The van der Waals surface area contributed by atoms with E-state index in [1.807, 2.05) is 30.5 Å². The molecule has 2 rings (SSSR count). The van der Waals surface area contributed by atoms with Crippen LogP contribution in [0.4, 0.5) is 0 Å². The van der Waals surface area contributed by atoms with E-state index in [0.29, 0.717) is 5.56 Å². The van der Waals surface area contributed by atoms with Gasteiger partial charge in [0.05, 0.1) is 13.1 Å². The van der Waals surface area contributed by atoms with Crippen LogP contribution in [0.15, 0.2) is 53.4 Å². The number of ketones is 1. The minimum Gasteiger partial charge on any atom is -0.546 e. The minimum absolute atomic E-state index is 0.196. The maximum absolute atomic E-state index is 12.3. The average molecular weight is 357 g/mol. The predicted molar refractivity (Wildman–Crippen MR) is 95.1 cm³/mol. The third kappa shape index (κ3) is 5.39. The van der Waals surface area contributed by atoms with Crippen molar-refractivity contribution in [1.82, 2.24) is 0 Å². The van der Waals surface area contributed by atoms with Crippen molar-refractivity contribution in [1.29, 1.82) is 0 Å². The van der Waals surface area contributed by atoms with E-state index >= 15 is 0 Å². The van der Waals surface area contributed by atoms with Crippen LogP contribution >= 0.6 is 11.8 Å². The van der Waals surface area contributed by atoms with Gasteiger partial charge in [0.2, 0.25) is 0 Å². The number of carbonyl (C=O) groups excluding carboxylic acids is 2. The second-order valence-corrected chi connectivity index (χ2v) is 5.88. The SMILES string of the molecule is COc1cc(C(=O)/C=C/c2ccc(SC)cc2)ccc1OCC(=O)[O-]. The van der Waals surface area contributed by atoms with Gasteiger partial charge in [0.15, 0.2) is 17.3 Å². The van der Waals surface area contributed by atoms with E-state index in [4.69, 9.17) is 9.47 Å². The van der Waals surface area contributed by atoms with Gasteiger partial charge in [-0.2, -0.15) is 0 Å². The number of carboxylic acids is 1. The summed E-state index contributed by atoms with van der Waals surface area (Å²) in [6.07, 6.45) is 5.21. The van der Waals surface area contributed by atoms with Gasteiger partial charge in [-0.1, -0.05) is 18.2 Å². The first-order valence-corrected chi connectivity index (χ1v) is 8.63. The van der Waals surface area contributed by atoms with Crippen LogP contribution < -0.4 is 14.6 Å². The monoisotopic (exact) mass is 357 g/mol. The van der Waals surface area contributed by atoms with Gasteiger partial charge in [0.1, 0.15) is 6.61 Å². The Morgan fingerprint density at radius 3 is 2.44 bits per heavy atom. The van der Waals surface area contributed by atoms with Crippen molar-refractivity contribution in [2.24, 2.45) is 0 Å². The predicted octanol–water partition coefficient (Wildman–Crippen LogP) is 2.44. The van der Waals surface area contributed by atoms with Crippen LogP contribution in [0.5, 0.6) is 11.5 Å². The molecule has 0 radical (unpaired) electrons. The van der Waals surface area contributed by atoms with E-state index in [9.17, 15) is 14.7 Å². The normalized spacial score (nSPS) is 10.6. The van der Waals surface area contributed by atoms with Gasteiger partial charge in [-0.15, -0.1) is 11.8 Å². The Labute approximate surface area is 150 Å². The third-order valence-electron chi connectivity index (χ3n) is 3.34. The third-order valence-corrected chi connectivity index (χ3v) is 4.08. The molecule has 0 bridgehead atoms. The highest BCUT2D eigenvalue weighted by Crippen LogP contribution is 2.28. The molecule has 0 aliphatic carbocycles. The van der Waals surface area contributed by atoms with E-state index in [-0.39, 0.29) is 17.3 Å². The largest absolute Gasteiger partial charge is 0.546 e. The highest BCUT2D eigenvalue weighted by Gasteiger charge is 2.09. The van der Waals surface area contributed by atoms with Crippen LogP contribution in [0.2, 0.25) is 0 Å². The Balaban J connectivity index is 2.12. The van der Waals surface area contributed by atoms with Crippen molar-refractivity contribution < 1.29 is 24.2 Å². The maximum Gasteiger partial charge on any atom is 0.185 e. The number of ether oxygens (including phenoxy) is 2. The molecule has 5 nitrogen and oxygen atoms in total. The van der Waals surface area contributed by atoms with Crippen molar-refractivity contribution in [3.63, 3.8) is 0 Å². The Hall–Kier alpha value is -2.73. The van der Waals surface area contributed by atoms with Gasteiger partial charge in [0.25, 0.3) is 0 Å². The molecule has 0 heterocycles. The number of thioether (sulfide) groups is 1. The molecule has 130 valence electrons. The fourth-order valence-electron chi connectivity index (χ4n) is 2.06. The fraction of sp³-hybridized carbons (Fsp3) is 0.158. The van der Waals surface area contributed by atoms with Crippen LogP contribution in [0.3, 0.4) is 0 Å². The zero-order valence-corrected chi connectivity index (χ0v) is 14.7. The molecule has 0 amide bonds. The number of hydrogen-bond donors (Lipinski definition) is 0. The topological polar surface area (TPSA) is 75.7 Å². The van der Waals surface area contributed by atoms with E-state index < -0.39 is 12.6 Å². The van der Waals surface area contributed by atoms with Crippen molar-refractivity contribution >= 4 is 29.6 Å². The zero-order valence-electron chi connectivity index (χ0n) is 13.9. The first-order chi connectivity index (χ1) is 12.0. The summed E-state index contributed by atoms with van der Waals surface area (Å²) < 4.78 is 10.2. The minimum atomic E-state index is -1.34. The quantitative estimate of drug-likeness (QED) is 0.410. The van der Waals surface area contributed by atoms with Crippen LogP contribution in [-0.4, -0.2) is 31.7 Å². The lowest BCUT2D eigenvalue weighted by Crippen LogP contribution is -2.29. The molecular formula is C19H17O5S-. The molecule has 2 aromatic rings. The Bertz CT molecular complexity index is 781. The van der Waals surface area contributed by atoms with E-state index in [1.54, 1.807) is 23.9 Å². The van der Waals surface area contributed by atoms with Crippen LogP contribution in [0.1, 0.15) is 15.9 Å². The highest BCUT2D eigenvalue weighted by molar-refractivity contribution is 7.98. The van der Waals surface area contributed by atoms with Gasteiger partial charge >= 0.3 is 0 Å². The first kappa shape index (κ1) is 18.6. The molecule has 0 N–H and O–H groups in total. The maximum atomic E-state index is 12.3. The zero-order chi connectivity index (χ0) is 18.2. The second-order valence-electron chi connectivity index (χ2n) is 5.00. The molecule has 0 fully saturated rings. The molecule has 0 saturated carbocycles. The summed E-state index contributed by atoms with van der Waals surface area (Å²) in [7, 11) is 1.42. The summed E-state index contributed by atoms with van der Waals surface area (Å²) in [6, 6.07) is 12.4. The van der Waals surface area contributed by atoms with Gasteiger partial charge in [-0.3, -0.25) is 4.79 Å². The summed E-state index contributed by atoms with van der Waals surface area (Å²) in [6.45, 7) is -0.588. The van der Waals surface area contributed by atoms with Crippen molar-refractivity contribution in [3.8, 4) is 11.5 Å². The van der Waals surface area contributed by atoms with E-state index in [1.165, 1.54) is 25.3 Å². The van der Waals surface area contributed by atoms with Gasteiger partial charge in [-0.25, -0.2) is 0 Å². The number of methoxy groups -OCH3 is 1. The lowest BCUT2D eigenvalue weighted by atomic mass is 10.1. The lowest BCUT2D eigenvalue weighted by molar-refractivity contribution is -0.307. The van der Waals surface area contributed by atoms with Crippen molar-refractivity contribution in [2.75, 3.05) is 20.0 Å². The molecular weight excluding hydrogens is 340 g/mol. The summed E-state index contributed by atoms with van der Waals surface area (Å²) in [5.74, 6) is -1.01. The highest BCUT2D eigenvalue weighted by atomic mass is 32.2. The fourth-order valence-corrected chi connectivity index (χ4v) is 2.47. The first-order valence-electron chi connectivity index (χ1n) is 7.40. The Morgan fingerprint density at radius 1 is 1.12 bits per heavy atom. The molecule has 2 aromatic carbocycles.